The van der Waals surface area contributed by atoms with Gasteiger partial charge < -0.3 is 10.2 Å². The Kier molecular flexibility index (Phi) is 3.11. The molecule has 1 aliphatic heterocycles. The molecule has 0 saturated heterocycles. The number of fused-ring (bicyclic) bond motifs is 1. The zero-order valence-corrected chi connectivity index (χ0v) is 11.0. The van der Waals surface area contributed by atoms with Crippen LogP contribution in [0.2, 0.25) is 0 Å². The van der Waals surface area contributed by atoms with Crippen molar-refractivity contribution >= 4 is 23.7 Å². The Hall–Kier alpha value is -1.49. The van der Waals surface area contributed by atoms with Gasteiger partial charge in [-0.2, -0.15) is 0 Å². The van der Waals surface area contributed by atoms with Crippen molar-refractivity contribution in [1.82, 2.24) is 0 Å². The van der Waals surface area contributed by atoms with Crippen molar-refractivity contribution in [2.45, 2.75) is 35.8 Å². The first-order valence-electron chi connectivity index (χ1n) is 5.58. The van der Waals surface area contributed by atoms with Crippen LogP contribution in [0.4, 0.5) is 0 Å². The van der Waals surface area contributed by atoms with Crippen LogP contribution in [0, 0.1) is 0 Å². The van der Waals surface area contributed by atoms with Gasteiger partial charge in [-0.1, -0.05) is 13.8 Å². The molecule has 0 spiro atoms. The smallest absolute Gasteiger partial charge is 0.335 e. The van der Waals surface area contributed by atoms with E-state index in [-0.39, 0.29) is 11.0 Å². The van der Waals surface area contributed by atoms with Gasteiger partial charge in [0, 0.05) is 4.90 Å². The molecule has 0 saturated carbocycles. The monoisotopic (exact) mass is 266 g/mol. The Labute approximate surface area is 109 Å². The molecule has 1 atom stereocenters. The van der Waals surface area contributed by atoms with Crippen molar-refractivity contribution in [2.24, 2.45) is 0 Å². The normalized spacial score (nSPS) is 21.1. The maximum absolute atomic E-state index is 11.1. The summed E-state index contributed by atoms with van der Waals surface area (Å²) in [5.41, 5.74) is 0.843. The second-order valence-electron chi connectivity index (χ2n) is 5.05. The lowest BCUT2D eigenvalue weighted by Crippen LogP contribution is -2.32. The van der Waals surface area contributed by atoms with Crippen LogP contribution >= 0.6 is 11.8 Å². The van der Waals surface area contributed by atoms with Crippen molar-refractivity contribution in [1.29, 1.82) is 0 Å². The number of carbonyl (C=O) groups is 2. The van der Waals surface area contributed by atoms with E-state index in [1.165, 1.54) is 17.8 Å². The molecular formula is C13H14O4S. The van der Waals surface area contributed by atoms with E-state index in [4.69, 9.17) is 10.2 Å². The minimum Gasteiger partial charge on any atom is -0.480 e. The molecule has 18 heavy (non-hydrogen) atoms. The van der Waals surface area contributed by atoms with Crippen LogP contribution in [0.5, 0.6) is 0 Å². The Balaban J connectivity index is 2.48. The molecule has 1 aliphatic rings. The highest BCUT2D eigenvalue weighted by atomic mass is 32.2. The largest absolute Gasteiger partial charge is 0.480 e. The Morgan fingerprint density at radius 2 is 2.00 bits per heavy atom. The predicted octanol–water partition coefficient (Wildman–Crippen LogP) is 2.61. The van der Waals surface area contributed by atoms with Gasteiger partial charge in [0.2, 0.25) is 0 Å². The first-order chi connectivity index (χ1) is 8.31. The molecule has 2 rings (SSSR count). The van der Waals surface area contributed by atoms with Gasteiger partial charge in [-0.25, -0.2) is 4.79 Å². The number of hydrogen-bond donors (Lipinski definition) is 2. The summed E-state index contributed by atoms with van der Waals surface area (Å²) in [7, 11) is 0. The summed E-state index contributed by atoms with van der Waals surface area (Å²) >= 11 is 1.30. The minimum absolute atomic E-state index is 0.246. The number of rotatable bonds is 2. The summed E-state index contributed by atoms with van der Waals surface area (Å²) in [6, 6.07) is 4.89. The molecule has 0 bridgehead atoms. The van der Waals surface area contributed by atoms with Crippen molar-refractivity contribution in [3.63, 3.8) is 0 Å². The fourth-order valence-corrected chi connectivity index (χ4v) is 3.72. The van der Waals surface area contributed by atoms with Gasteiger partial charge in [0.25, 0.3) is 0 Å². The van der Waals surface area contributed by atoms with E-state index in [9.17, 15) is 9.59 Å². The maximum atomic E-state index is 11.1. The van der Waals surface area contributed by atoms with Crippen molar-refractivity contribution in [3.05, 3.63) is 29.3 Å². The second kappa shape index (κ2) is 4.31. The molecule has 5 heteroatoms. The molecule has 1 aromatic rings. The number of benzene rings is 1. The molecular weight excluding hydrogens is 252 g/mol. The van der Waals surface area contributed by atoms with Crippen LogP contribution in [0.25, 0.3) is 0 Å². The lowest BCUT2D eigenvalue weighted by molar-refractivity contribution is -0.136. The van der Waals surface area contributed by atoms with E-state index in [0.717, 1.165) is 10.5 Å². The standard InChI is InChI=1S/C13H14O4S/c1-13(2)6-10(12(16)17)18-9-4-3-7(11(14)15)5-8(9)13/h3-5,10H,6H2,1-2H3,(H,14,15)(H,16,17). The molecule has 0 aromatic heterocycles. The highest BCUT2D eigenvalue weighted by molar-refractivity contribution is 8.00. The molecule has 0 radical (unpaired) electrons. The highest BCUT2D eigenvalue weighted by Gasteiger charge is 2.37. The van der Waals surface area contributed by atoms with Crippen molar-refractivity contribution in [3.8, 4) is 0 Å². The highest BCUT2D eigenvalue weighted by Crippen LogP contribution is 2.45. The second-order valence-corrected chi connectivity index (χ2v) is 6.29. The predicted molar refractivity (Wildman–Crippen MR) is 68.3 cm³/mol. The zero-order valence-electron chi connectivity index (χ0n) is 10.1. The topological polar surface area (TPSA) is 74.6 Å². The fourth-order valence-electron chi connectivity index (χ4n) is 2.20. The molecule has 4 nitrogen and oxygen atoms in total. The summed E-state index contributed by atoms with van der Waals surface area (Å²) in [4.78, 5) is 22.9. The van der Waals surface area contributed by atoms with E-state index < -0.39 is 17.2 Å². The fraction of sp³-hybridized carbons (Fsp3) is 0.385. The minimum atomic E-state index is -0.959. The van der Waals surface area contributed by atoms with Gasteiger partial charge in [-0.15, -0.1) is 11.8 Å². The van der Waals surface area contributed by atoms with Gasteiger partial charge in [0.05, 0.1) is 5.56 Å². The van der Waals surface area contributed by atoms with Crippen molar-refractivity contribution < 1.29 is 19.8 Å². The summed E-state index contributed by atoms with van der Waals surface area (Å²) < 4.78 is 0. The first-order valence-corrected chi connectivity index (χ1v) is 6.46. The first kappa shape index (κ1) is 13.0. The van der Waals surface area contributed by atoms with Crippen LogP contribution in [-0.4, -0.2) is 27.4 Å². The van der Waals surface area contributed by atoms with Gasteiger partial charge in [0.1, 0.15) is 5.25 Å². The van der Waals surface area contributed by atoms with Crippen LogP contribution in [0.3, 0.4) is 0 Å². The maximum Gasteiger partial charge on any atom is 0.335 e. The van der Waals surface area contributed by atoms with E-state index >= 15 is 0 Å². The van der Waals surface area contributed by atoms with Gasteiger partial charge in [-0.3, -0.25) is 4.79 Å². The third-order valence-electron chi connectivity index (χ3n) is 3.20. The van der Waals surface area contributed by atoms with E-state index in [2.05, 4.69) is 0 Å². The van der Waals surface area contributed by atoms with Crippen LogP contribution in [-0.2, 0) is 10.2 Å². The molecule has 1 heterocycles. The summed E-state index contributed by atoms with van der Waals surface area (Å²) in [5.74, 6) is -1.78. The van der Waals surface area contributed by atoms with Crippen LogP contribution in [0.15, 0.2) is 23.1 Å². The number of aromatic carboxylic acids is 1. The van der Waals surface area contributed by atoms with Gasteiger partial charge >= 0.3 is 11.9 Å². The summed E-state index contributed by atoms with van der Waals surface area (Å²) in [6.07, 6.45) is 0.503. The van der Waals surface area contributed by atoms with E-state index in [0.29, 0.717) is 6.42 Å². The van der Waals surface area contributed by atoms with Gasteiger partial charge in [0.15, 0.2) is 0 Å². The summed E-state index contributed by atoms with van der Waals surface area (Å²) in [6.45, 7) is 3.90. The Bertz CT molecular complexity index is 522. The zero-order chi connectivity index (χ0) is 13.5. The quantitative estimate of drug-likeness (QED) is 0.860. The number of aliphatic carboxylic acids is 1. The molecule has 96 valence electrons. The third-order valence-corrected chi connectivity index (χ3v) is 4.46. The van der Waals surface area contributed by atoms with Crippen molar-refractivity contribution in [2.75, 3.05) is 0 Å². The Morgan fingerprint density at radius 3 is 2.56 bits per heavy atom. The third kappa shape index (κ3) is 2.22. The molecule has 0 fully saturated rings. The average Bonchev–Trinajstić information content (AvgIpc) is 2.27. The number of carboxylic acids is 2. The number of thioether (sulfide) groups is 1. The van der Waals surface area contributed by atoms with E-state index in [1.54, 1.807) is 12.1 Å². The lowest BCUT2D eigenvalue weighted by Gasteiger charge is -2.35. The lowest BCUT2D eigenvalue weighted by atomic mass is 9.79. The Morgan fingerprint density at radius 1 is 1.33 bits per heavy atom. The molecule has 1 unspecified atom stereocenters. The summed E-state index contributed by atoms with van der Waals surface area (Å²) in [5, 5.41) is 17.7. The number of carboxylic acid groups (broad SMARTS) is 2. The van der Waals surface area contributed by atoms with Gasteiger partial charge in [-0.05, 0) is 35.6 Å². The SMILES string of the molecule is CC1(C)CC(C(=O)O)Sc2ccc(C(=O)O)cc21. The average molecular weight is 266 g/mol. The van der Waals surface area contributed by atoms with Crippen LogP contribution < -0.4 is 0 Å². The molecule has 1 aromatic carbocycles. The molecule has 2 N–H and O–H groups in total. The number of hydrogen-bond acceptors (Lipinski definition) is 3. The molecule has 0 amide bonds. The van der Waals surface area contributed by atoms with Crippen LogP contribution in [0.1, 0.15) is 36.2 Å². The molecule has 0 aliphatic carbocycles. The van der Waals surface area contributed by atoms with E-state index in [1.807, 2.05) is 13.8 Å².